The number of hydrogen-bond acceptors (Lipinski definition) is 4. The van der Waals surface area contributed by atoms with E-state index in [-0.39, 0.29) is 12.0 Å². The average Bonchev–Trinajstić information content (AvgIpc) is 2.93. The number of aliphatic hydroxyl groups is 1. The number of ether oxygens (including phenoxy) is 2. The second kappa shape index (κ2) is 6.02. The minimum Gasteiger partial charge on any atom is -0.488 e. The number of nitrogens with one attached hydrogen (secondary N) is 1. The quantitative estimate of drug-likeness (QED) is 0.838. The second-order valence-corrected chi connectivity index (χ2v) is 6.02. The zero-order valence-electron chi connectivity index (χ0n) is 11.8. The van der Waals surface area contributed by atoms with Crippen LogP contribution in [0.2, 0.25) is 0 Å². The molecule has 2 aliphatic rings. The molecule has 0 bridgehead atoms. The molecule has 1 aromatic carbocycles. The van der Waals surface area contributed by atoms with Crippen molar-refractivity contribution in [3.05, 3.63) is 24.3 Å². The van der Waals surface area contributed by atoms with E-state index in [1.165, 1.54) is 12.8 Å². The highest BCUT2D eigenvalue weighted by molar-refractivity contribution is 5.56. The first-order chi connectivity index (χ1) is 9.81. The first-order valence-electron chi connectivity index (χ1n) is 7.50. The summed E-state index contributed by atoms with van der Waals surface area (Å²) in [5.74, 6) is 0.924. The molecule has 1 aliphatic carbocycles. The van der Waals surface area contributed by atoms with Crippen LogP contribution in [0, 0.1) is 5.41 Å². The highest BCUT2D eigenvalue weighted by Gasteiger charge is 2.38. The highest BCUT2D eigenvalue weighted by Crippen LogP contribution is 2.32. The molecule has 4 heteroatoms. The minimum absolute atomic E-state index is 0.125. The summed E-state index contributed by atoms with van der Waals surface area (Å²) in [5, 5.41) is 12.9. The van der Waals surface area contributed by atoms with Gasteiger partial charge in [-0.15, -0.1) is 0 Å². The first-order valence-corrected chi connectivity index (χ1v) is 7.50. The molecule has 2 N–H and O–H groups in total. The Morgan fingerprint density at radius 3 is 2.65 bits per heavy atom. The Hall–Kier alpha value is -1.26. The van der Waals surface area contributed by atoms with Crippen molar-refractivity contribution in [1.82, 2.24) is 0 Å². The predicted molar refractivity (Wildman–Crippen MR) is 78.2 cm³/mol. The summed E-state index contributed by atoms with van der Waals surface area (Å²) in [7, 11) is 0. The normalized spacial score (nSPS) is 21.4. The Bertz CT molecular complexity index is 434. The van der Waals surface area contributed by atoms with Crippen molar-refractivity contribution in [1.29, 1.82) is 0 Å². The van der Waals surface area contributed by atoms with Crippen molar-refractivity contribution in [3.63, 3.8) is 0 Å². The van der Waals surface area contributed by atoms with Gasteiger partial charge in [-0.2, -0.15) is 0 Å². The van der Waals surface area contributed by atoms with E-state index in [1.54, 1.807) is 0 Å². The van der Waals surface area contributed by atoms with Gasteiger partial charge >= 0.3 is 0 Å². The van der Waals surface area contributed by atoms with Gasteiger partial charge in [0.15, 0.2) is 0 Å². The Morgan fingerprint density at radius 2 is 2.00 bits per heavy atom. The van der Waals surface area contributed by atoms with E-state index in [0.29, 0.717) is 25.9 Å². The topological polar surface area (TPSA) is 50.7 Å². The maximum Gasteiger partial charge on any atom is 0.142 e. The van der Waals surface area contributed by atoms with Crippen LogP contribution in [0.1, 0.15) is 25.7 Å². The number of para-hydroxylation sites is 2. The number of hydrogen-bond donors (Lipinski definition) is 2. The molecule has 20 heavy (non-hydrogen) atoms. The summed E-state index contributed by atoms with van der Waals surface area (Å²) in [6, 6.07) is 8.06. The summed E-state index contributed by atoms with van der Waals surface area (Å²) < 4.78 is 11.3. The summed E-state index contributed by atoms with van der Waals surface area (Å²) in [4.78, 5) is 0. The molecular weight excluding hydrogens is 254 g/mol. The predicted octanol–water partition coefficient (Wildman–Crippen LogP) is 2.43. The van der Waals surface area contributed by atoms with Crippen LogP contribution in [0.15, 0.2) is 24.3 Å². The van der Waals surface area contributed by atoms with Crippen LogP contribution in [0.3, 0.4) is 0 Å². The maximum atomic E-state index is 9.46. The van der Waals surface area contributed by atoms with Gasteiger partial charge in [-0.05, 0) is 37.8 Å². The molecule has 2 fully saturated rings. The summed E-state index contributed by atoms with van der Waals surface area (Å²) in [6.07, 6.45) is 5.21. The van der Waals surface area contributed by atoms with Gasteiger partial charge in [0, 0.05) is 6.54 Å². The minimum atomic E-state index is -0.125. The molecule has 0 aromatic heterocycles. The van der Waals surface area contributed by atoms with Gasteiger partial charge < -0.3 is 19.9 Å². The third kappa shape index (κ3) is 2.91. The third-order valence-electron chi connectivity index (χ3n) is 4.29. The zero-order chi connectivity index (χ0) is 13.8. The number of benzene rings is 1. The molecule has 1 saturated heterocycles. The van der Waals surface area contributed by atoms with Crippen molar-refractivity contribution in [2.24, 2.45) is 5.41 Å². The lowest BCUT2D eigenvalue weighted by Gasteiger charge is -2.40. The van der Waals surface area contributed by atoms with Gasteiger partial charge in [-0.1, -0.05) is 12.1 Å². The molecular formula is C16H23NO3. The smallest absolute Gasteiger partial charge is 0.142 e. The largest absolute Gasteiger partial charge is 0.488 e. The van der Waals surface area contributed by atoms with E-state index in [1.807, 2.05) is 24.3 Å². The summed E-state index contributed by atoms with van der Waals surface area (Å²) in [5.41, 5.74) is 0.889. The van der Waals surface area contributed by atoms with Crippen LogP contribution in [0.25, 0.3) is 0 Å². The Kier molecular flexibility index (Phi) is 4.13. The van der Waals surface area contributed by atoms with Crippen LogP contribution in [-0.4, -0.2) is 37.6 Å². The van der Waals surface area contributed by atoms with Crippen molar-refractivity contribution in [3.8, 4) is 5.75 Å². The molecule has 1 aromatic rings. The molecule has 110 valence electrons. The third-order valence-corrected chi connectivity index (χ3v) is 4.29. The fourth-order valence-corrected chi connectivity index (χ4v) is 2.82. The molecule has 0 spiro atoms. The fraction of sp³-hybridized carbons (Fsp3) is 0.625. The van der Waals surface area contributed by atoms with Crippen molar-refractivity contribution in [2.45, 2.75) is 31.8 Å². The summed E-state index contributed by atoms with van der Waals surface area (Å²) >= 11 is 0. The Labute approximate surface area is 120 Å². The number of anilines is 1. The maximum absolute atomic E-state index is 9.46. The van der Waals surface area contributed by atoms with Crippen LogP contribution in [0.5, 0.6) is 5.75 Å². The van der Waals surface area contributed by atoms with Crippen molar-refractivity contribution < 1.29 is 14.6 Å². The van der Waals surface area contributed by atoms with Gasteiger partial charge in [0.1, 0.15) is 5.75 Å². The first kappa shape index (κ1) is 13.7. The van der Waals surface area contributed by atoms with Crippen LogP contribution >= 0.6 is 0 Å². The number of aliphatic hydroxyl groups excluding tert-OH is 1. The van der Waals surface area contributed by atoms with Crippen LogP contribution in [-0.2, 0) is 4.74 Å². The van der Waals surface area contributed by atoms with E-state index >= 15 is 0 Å². The Morgan fingerprint density at radius 1 is 1.25 bits per heavy atom. The molecule has 1 saturated carbocycles. The van der Waals surface area contributed by atoms with E-state index in [0.717, 1.165) is 24.3 Å². The fourth-order valence-electron chi connectivity index (χ4n) is 2.82. The monoisotopic (exact) mass is 277 g/mol. The summed E-state index contributed by atoms with van der Waals surface area (Å²) in [6.45, 7) is 2.13. The van der Waals surface area contributed by atoms with E-state index < -0.39 is 0 Å². The molecule has 0 atom stereocenters. The molecule has 1 heterocycles. The molecule has 0 radical (unpaired) electrons. The van der Waals surface area contributed by atoms with Gasteiger partial charge in [-0.3, -0.25) is 0 Å². The lowest BCUT2D eigenvalue weighted by atomic mass is 9.87. The molecule has 1 aliphatic heterocycles. The van der Waals surface area contributed by atoms with Crippen molar-refractivity contribution in [2.75, 3.05) is 31.7 Å². The van der Waals surface area contributed by atoms with Crippen LogP contribution in [0.4, 0.5) is 5.69 Å². The lowest BCUT2D eigenvalue weighted by molar-refractivity contribution is -0.128. The second-order valence-electron chi connectivity index (χ2n) is 6.02. The zero-order valence-corrected chi connectivity index (χ0v) is 11.8. The van der Waals surface area contributed by atoms with E-state index in [4.69, 9.17) is 9.47 Å². The van der Waals surface area contributed by atoms with Gasteiger partial charge in [0.2, 0.25) is 0 Å². The molecule has 0 amide bonds. The van der Waals surface area contributed by atoms with E-state index in [2.05, 4.69) is 5.32 Å². The van der Waals surface area contributed by atoms with Gasteiger partial charge in [0.25, 0.3) is 0 Å². The van der Waals surface area contributed by atoms with E-state index in [9.17, 15) is 5.11 Å². The number of rotatable bonds is 6. The molecule has 3 rings (SSSR count). The van der Waals surface area contributed by atoms with Crippen LogP contribution < -0.4 is 10.1 Å². The van der Waals surface area contributed by atoms with Crippen molar-refractivity contribution >= 4 is 5.69 Å². The standard InChI is InChI=1S/C16H23NO3/c18-10-16(11-19-12-16)9-17-14-7-3-4-8-15(14)20-13-5-1-2-6-13/h3-4,7-8,13,17-18H,1-2,5-6,9-12H2. The Balaban J connectivity index is 1.63. The average molecular weight is 277 g/mol. The van der Waals surface area contributed by atoms with Gasteiger partial charge in [0.05, 0.1) is 37.0 Å². The molecule has 0 unspecified atom stereocenters. The highest BCUT2D eigenvalue weighted by atomic mass is 16.5. The molecule has 4 nitrogen and oxygen atoms in total. The lowest BCUT2D eigenvalue weighted by Crippen LogP contribution is -2.50. The SMILES string of the molecule is OCC1(CNc2ccccc2OC2CCCC2)COC1. The van der Waals surface area contributed by atoms with Gasteiger partial charge in [-0.25, -0.2) is 0 Å².